The number of ether oxygens (including phenoxy) is 2. The molecule has 1 aliphatic heterocycles. The average Bonchev–Trinajstić information content (AvgIpc) is 2.71. The van der Waals surface area contributed by atoms with Gasteiger partial charge in [0.25, 0.3) is 0 Å². The van der Waals surface area contributed by atoms with Crippen molar-refractivity contribution in [3.05, 3.63) is 34.4 Å². The molecule has 0 aromatic heterocycles. The second kappa shape index (κ2) is 10.8. The van der Waals surface area contributed by atoms with Crippen LogP contribution in [-0.4, -0.2) is 50.1 Å². The Bertz CT molecular complexity index is 477. The third kappa shape index (κ3) is 7.99. The number of carboxylic acids is 1. The fourth-order valence-electron chi connectivity index (χ4n) is 2.34. The Hall–Kier alpha value is -0.850. The summed E-state index contributed by atoms with van der Waals surface area (Å²) in [5, 5.41) is 12.8. The van der Waals surface area contributed by atoms with E-state index in [0.717, 1.165) is 25.1 Å². The van der Waals surface area contributed by atoms with E-state index in [0.29, 0.717) is 16.7 Å². The van der Waals surface area contributed by atoms with Crippen molar-refractivity contribution in [2.24, 2.45) is 5.92 Å². The molecular weight excluding hydrogens is 341 g/mol. The molecule has 5 nitrogen and oxygen atoms in total. The van der Waals surface area contributed by atoms with Crippen LogP contribution in [-0.2, 0) is 14.3 Å². The molecule has 0 amide bonds. The molecule has 0 aromatic carbocycles. The highest BCUT2D eigenvalue weighted by Gasteiger charge is 2.25. The number of aliphatic carboxylic acids is 1. The van der Waals surface area contributed by atoms with E-state index in [4.69, 9.17) is 37.8 Å². The second-order valence-electron chi connectivity index (χ2n) is 5.38. The maximum absolute atomic E-state index is 10.6. The maximum atomic E-state index is 10.6. The molecule has 0 aromatic rings. The van der Waals surface area contributed by atoms with Gasteiger partial charge >= 0.3 is 5.97 Å². The molecule has 7 heteroatoms. The lowest BCUT2D eigenvalue weighted by atomic mass is 9.94. The van der Waals surface area contributed by atoms with E-state index in [1.54, 1.807) is 0 Å². The third-order valence-electron chi connectivity index (χ3n) is 3.42. The number of hydrogen-bond acceptors (Lipinski definition) is 4. The minimum absolute atomic E-state index is 0.162. The van der Waals surface area contributed by atoms with Crippen LogP contribution in [0.4, 0.5) is 0 Å². The van der Waals surface area contributed by atoms with E-state index >= 15 is 0 Å². The molecule has 2 atom stereocenters. The van der Waals surface area contributed by atoms with Gasteiger partial charge in [0.15, 0.2) is 0 Å². The van der Waals surface area contributed by atoms with Gasteiger partial charge in [-0.25, -0.2) is 4.79 Å². The molecule has 0 radical (unpaired) electrons. The first kappa shape index (κ1) is 20.2. The zero-order valence-corrected chi connectivity index (χ0v) is 14.7. The summed E-state index contributed by atoms with van der Waals surface area (Å²) in [5.74, 6) is -0.824. The first-order valence-electron chi connectivity index (χ1n) is 7.40. The van der Waals surface area contributed by atoms with E-state index in [1.807, 2.05) is 13.0 Å². The molecule has 1 rings (SSSR count). The van der Waals surface area contributed by atoms with Gasteiger partial charge in [0.05, 0.1) is 29.4 Å². The van der Waals surface area contributed by atoms with Crippen LogP contribution >= 0.6 is 23.2 Å². The summed E-state index contributed by atoms with van der Waals surface area (Å²) in [5.41, 5.74) is 1.05. The molecule has 0 bridgehead atoms. The molecule has 0 saturated carbocycles. The maximum Gasteiger partial charge on any atom is 0.329 e. The Labute approximate surface area is 146 Å². The van der Waals surface area contributed by atoms with Crippen LogP contribution in [0.5, 0.6) is 0 Å². The van der Waals surface area contributed by atoms with Crippen molar-refractivity contribution in [2.75, 3.05) is 32.9 Å². The standard InChI is InChI=1S/C16H23Cl2NO4/c1-3-13(17)14(18)7-11(2)6-12-8-19-4-5-23-15(12)9-22-10-16(20)21/h3,7,12,15,19H,1,4-6,8-10H2,2H3,(H,20,21). The lowest BCUT2D eigenvalue weighted by Gasteiger charge is -2.24. The molecule has 1 heterocycles. The van der Waals surface area contributed by atoms with Crippen LogP contribution in [0.2, 0.25) is 0 Å². The van der Waals surface area contributed by atoms with E-state index in [-0.39, 0.29) is 25.2 Å². The lowest BCUT2D eigenvalue weighted by Crippen LogP contribution is -2.33. The fourth-order valence-corrected chi connectivity index (χ4v) is 2.66. The Morgan fingerprint density at radius 2 is 2.22 bits per heavy atom. The minimum atomic E-state index is -0.986. The van der Waals surface area contributed by atoms with E-state index in [1.165, 1.54) is 6.08 Å². The SMILES string of the molecule is C=CC(Cl)=C(Cl)C=C(C)CC1CNCCOC1COCC(=O)O. The van der Waals surface area contributed by atoms with Crippen LogP contribution in [0.15, 0.2) is 34.4 Å². The quantitative estimate of drug-likeness (QED) is 0.649. The van der Waals surface area contributed by atoms with Crippen molar-refractivity contribution >= 4 is 29.2 Å². The number of carboxylic acid groups (broad SMARTS) is 1. The fraction of sp³-hybridized carbons (Fsp3) is 0.562. The molecule has 23 heavy (non-hydrogen) atoms. The summed E-state index contributed by atoms with van der Waals surface area (Å²) in [6.45, 7) is 7.58. The third-order valence-corrected chi connectivity index (χ3v) is 4.18. The number of rotatable bonds is 8. The molecular formula is C16H23Cl2NO4. The average molecular weight is 364 g/mol. The van der Waals surface area contributed by atoms with Crippen molar-refractivity contribution in [1.82, 2.24) is 5.32 Å². The van der Waals surface area contributed by atoms with Gasteiger partial charge in [-0.2, -0.15) is 0 Å². The van der Waals surface area contributed by atoms with Gasteiger partial charge < -0.3 is 19.9 Å². The van der Waals surface area contributed by atoms with Crippen LogP contribution in [0.1, 0.15) is 13.3 Å². The lowest BCUT2D eigenvalue weighted by molar-refractivity contribution is -0.144. The Morgan fingerprint density at radius 3 is 2.87 bits per heavy atom. The molecule has 2 N–H and O–H groups in total. The zero-order chi connectivity index (χ0) is 17.2. The predicted molar refractivity (Wildman–Crippen MR) is 91.9 cm³/mol. The van der Waals surface area contributed by atoms with Crippen LogP contribution in [0.3, 0.4) is 0 Å². The topological polar surface area (TPSA) is 67.8 Å². The van der Waals surface area contributed by atoms with Gasteiger partial charge in [-0.15, -0.1) is 0 Å². The summed E-state index contributed by atoms with van der Waals surface area (Å²) in [7, 11) is 0. The summed E-state index contributed by atoms with van der Waals surface area (Å²) in [6.07, 6.45) is 3.88. The van der Waals surface area contributed by atoms with E-state index in [9.17, 15) is 4.79 Å². The molecule has 2 unspecified atom stereocenters. The molecule has 1 saturated heterocycles. The van der Waals surface area contributed by atoms with Crippen molar-refractivity contribution in [2.45, 2.75) is 19.4 Å². The van der Waals surface area contributed by atoms with Crippen LogP contribution in [0, 0.1) is 5.92 Å². The Morgan fingerprint density at radius 1 is 1.48 bits per heavy atom. The minimum Gasteiger partial charge on any atom is -0.480 e. The largest absolute Gasteiger partial charge is 0.480 e. The highest BCUT2D eigenvalue weighted by atomic mass is 35.5. The monoisotopic (exact) mass is 363 g/mol. The molecule has 1 aliphatic rings. The summed E-state index contributed by atoms with van der Waals surface area (Å²) in [4.78, 5) is 10.6. The Balaban J connectivity index is 2.69. The zero-order valence-electron chi connectivity index (χ0n) is 13.2. The van der Waals surface area contributed by atoms with E-state index in [2.05, 4.69) is 11.9 Å². The van der Waals surface area contributed by atoms with Gasteiger partial charge in [0.1, 0.15) is 6.61 Å². The first-order valence-corrected chi connectivity index (χ1v) is 8.16. The van der Waals surface area contributed by atoms with Gasteiger partial charge in [-0.1, -0.05) is 35.4 Å². The van der Waals surface area contributed by atoms with Gasteiger partial charge in [-0.3, -0.25) is 0 Å². The smallest absolute Gasteiger partial charge is 0.329 e. The first-order chi connectivity index (χ1) is 10.9. The van der Waals surface area contributed by atoms with Crippen molar-refractivity contribution in [3.8, 4) is 0 Å². The molecule has 0 aliphatic carbocycles. The highest BCUT2D eigenvalue weighted by Crippen LogP contribution is 2.23. The number of carbonyl (C=O) groups is 1. The van der Waals surface area contributed by atoms with Gasteiger partial charge in [0.2, 0.25) is 0 Å². The van der Waals surface area contributed by atoms with Crippen molar-refractivity contribution in [3.63, 3.8) is 0 Å². The normalized spacial score (nSPS) is 23.9. The van der Waals surface area contributed by atoms with Crippen LogP contribution in [0.25, 0.3) is 0 Å². The number of nitrogens with one attached hydrogen (secondary N) is 1. The summed E-state index contributed by atoms with van der Waals surface area (Å²) < 4.78 is 11.0. The second-order valence-corrected chi connectivity index (χ2v) is 6.19. The highest BCUT2D eigenvalue weighted by molar-refractivity contribution is 6.41. The van der Waals surface area contributed by atoms with Gasteiger partial charge in [-0.05, 0) is 25.5 Å². The van der Waals surface area contributed by atoms with E-state index < -0.39 is 5.97 Å². The van der Waals surface area contributed by atoms with Crippen molar-refractivity contribution < 1.29 is 19.4 Å². The Kier molecular flexibility index (Phi) is 9.52. The number of allylic oxidation sites excluding steroid dienone is 5. The molecule has 130 valence electrons. The molecule has 0 spiro atoms. The molecule has 1 fully saturated rings. The predicted octanol–water partition coefficient (Wildman–Crippen LogP) is 2.90. The number of halogens is 2. The number of hydrogen-bond donors (Lipinski definition) is 2. The summed E-state index contributed by atoms with van der Waals surface area (Å²) in [6, 6.07) is 0. The summed E-state index contributed by atoms with van der Waals surface area (Å²) >= 11 is 12.0. The van der Waals surface area contributed by atoms with Gasteiger partial charge in [0, 0.05) is 19.0 Å². The van der Waals surface area contributed by atoms with Crippen molar-refractivity contribution in [1.29, 1.82) is 0 Å². The van der Waals surface area contributed by atoms with Crippen LogP contribution < -0.4 is 5.32 Å².